The van der Waals surface area contributed by atoms with E-state index in [0.29, 0.717) is 11.3 Å². The summed E-state index contributed by atoms with van der Waals surface area (Å²) in [5.41, 5.74) is 1.91. The van der Waals surface area contributed by atoms with E-state index in [0.717, 1.165) is 18.2 Å². The summed E-state index contributed by atoms with van der Waals surface area (Å²) in [4.78, 5) is 33.5. The van der Waals surface area contributed by atoms with E-state index in [4.69, 9.17) is 4.42 Å². The van der Waals surface area contributed by atoms with Gasteiger partial charge in [-0.1, -0.05) is 18.2 Å². The number of non-ortho nitro benzene ring substituents is 1. The quantitative estimate of drug-likeness (QED) is 0.329. The molecule has 10 nitrogen and oxygen atoms in total. The maximum absolute atomic E-state index is 12.1. The van der Waals surface area contributed by atoms with Gasteiger partial charge in [0.25, 0.3) is 11.6 Å². The number of furan rings is 1. The van der Waals surface area contributed by atoms with Crippen LogP contribution in [0.4, 0.5) is 5.69 Å². The number of carboxylic acid groups (broad SMARTS) is 1. The zero-order chi connectivity index (χ0) is 21.0. The second kappa shape index (κ2) is 8.05. The first kappa shape index (κ1) is 19.3. The van der Waals surface area contributed by atoms with E-state index in [1.54, 1.807) is 24.3 Å². The number of hydrogen-bond acceptors (Lipinski definition) is 7. The van der Waals surface area contributed by atoms with Crippen LogP contribution >= 0.6 is 0 Å². The van der Waals surface area contributed by atoms with E-state index in [1.807, 2.05) is 0 Å². The van der Waals surface area contributed by atoms with Gasteiger partial charge < -0.3 is 14.6 Å². The highest BCUT2D eigenvalue weighted by atomic mass is 16.6. The predicted octanol–water partition coefficient (Wildman–Crippen LogP) is 3.02. The Morgan fingerprint density at radius 3 is 2.59 bits per heavy atom. The van der Waals surface area contributed by atoms with Gasteiger partial charge in [0.15, 0.2) is 0 Å². The minimum absolute atomic E-state index is 0.0692. The number of hydrogen-bond donors (Lipinski definition) is 3. The molecule has 1 amide bonds. The number of carbonyl (C=O) groups is 2. The van der Waals surface area contributed by atoms with Gasteiger partial charge in [-0.05, 0) is 24.3 Å². The van der Waals surface area contributed by atoms with Crippen LogP contribution in [0.25, 0.3) is 11.3 Å². The van der Waals surface area contributed by atoms with Crippen LogP contribution in [0.2, 0.25) is 0 Å². The van der Waals surface area contributed by atoms with E-state index in [9.17, 15) is 29.9 Å². The number of carboxylic acids is 1. The molecule has 0 atom stereocenters. The number of nitrogens with zero attached hydrogens (tertiary/aromatic N) is 2. The van der Waals surface area contributed by atoms with Crippen molar-refractivity contribution in [1.82, 2.24) is 5.43 Å². The third kappa shape index (κ3) is 4.27. The van der Waals surface area contributed by atoms with Gasteiger partial charge in [-0.3, -0.25) is 14.9 Å². The lowest BCUT2D eigenvalue weighted by Gasteiger charge is -2.03. The van der Waals surface area contributed by atoms with Crippen molar-refractivity contribution >= 4 is 23.8 Å². The lowest BCUT2D eigenvalue weighted by molar-refractivity contribution is -0.384. The second-order valence-corrected chi connectivity index (χ2v) is 5.71. The van der Waals surface area contributed by atoms with Crippen molar-refractivity contribution in [2.75, 3.05) is 0 Å². The number of hydrazone groups is 1. The number of nitro benzene ring substituents is 1. The topological polar surface area (TPSA) is 155 Å². The van der Waals surface area contributed by atoms with Crippen molar-refractivity contribution < 1.29 is 29.1 Å². The highest BCUT2D eigenvalue weighted by Gasteiger charge is 2.16. The Balaban J connectivity index is 1.74. The normalized spacial score (nSPS) is 10.8. The van der Waals surface area contributed by atoms with Gasteiger partial charge in [-0.2, -0.15) is 5.10 Å². The number of phenolic OH excluding ortho intramolecular Hbond substituents is 1. The van der Waals surface area contributed by atoms with E-state index in [-0.39, 0.29) is 22.6 Å². The Bertz CT molecular complexity index is 1130. The van der Waals surface area contributed by atoms with E-state index < -0.39 is 22.5 Å². The first-order valence-electron chi connectivity index (χ1n) is 8.10. The summed E-state index contributed by atoms with van der Waals surface area (Å²) in [6.45, 7) is 0. The average Bonchev–Trinajstić information content (AvgIpc) is 3.16. The van der Waals surface area contributed by atoms with Gasteiger partial charge in [0.1, 0.15) is 17.3 Å². The molecule has 0 spiro atoms. The molecule has 0 aliphatic rings. The molecular formula is C19H13N3O7. The average molecular weight is 395 g/mol. The Kier molecular flexibility index (Phi) is 5.35. The van der Waals surface area contributed by atoms with Crippen LogP contribution in [0.5, 0.6) is 5.75 Å². The molecule has 0 unspecified atom stereocenters. The molecule has 0 radical (unpaired) electrons. The summed E-state index contributed by atoms with van der Waals surface area (Å²) < 4.78 is 5.52. The predicted molar refractivity (Wildman–Crippen MR) is 101 cm³/mol. The van der Waals surface area contributed by atoms with Crippen LogP contribution in [-0.4, -0.2) is 33.2 Å². The summed E-state index contributed by atoms with van der Waals surface area (Å²) in [5, 5.41) is 33.4. The van der Waals surface area contributed by atoms with Gasteiger partial charge in [0, 0.05) is 17.7 Å². The molecule has 146 valence electrons. The fourth-order valence-corrected chi connectivity index (χ4v) is 2.49. The molecule has 29 heavy (non-hydrogen) atoms. The van der Waals surface area contributed by atoms with Crippen LogP contribution in [0.1, 0.15) is 26.5 Å². The molecule has 0 saturated heterocycles. The summed E-state index contributed by atoms with van der Waals surface area (Å²) in [6.07, 6.45) is 1.17. The summed E-state index contributed by atoms with van der Waals surface area (Å²) in [6, 6.07) is 12.4. The Labute approximate surface area is 162 Å². The molecule has 0 aliphatic carbocycles. The zero-order valence-corrected chi connectivity index (χ0v) is 14.6. The second-order valence-electron chi connectivity index (χ2n) is 5.71. The first-order chi connectivity index (χ1) is 13.9. The number of benzene rings is 2. The molecule has 0 bridgehead atoms. The van der Waals surface area contributed by atoms with Crippen molar-refractivity contribution in [3.63, 3.8) is 0 Å². The lowest BCUT2D eigenvalue weighted by atomic mass is 10.1. The maximum Gasteiger partial charge on any atom is 0.336 e. The number of amides is 1. The molecule has 3 N–H and O–H groups in total. The van der Waals surface area contributed by atoms with Crippen LogP contribution in [0, 0.1) is 10.1 Å². The minimum atomic E-state index is -1.10. The Morgan fingerprint density at radius 2 is 1.86 bits per heavy atom. The molecule has 0 aliphatic heterocycles. The summed E-state index contributed by atoms with van der Waals surface area (Å²) >= 11 is 0. The lowest BCUT2D eigenvalue weighted by Crippen LogP contribution is -2.17. The van der Waals surface area contributed by atoms with Crippen LogP contribution in [0.3, 0.4) is 0 Å². The third-order valence-electron chi connectivity index (χ3n) is 3.84. The van der Waals surface area contributed by atoms with Crippen molar-refractivity contribution in [3.05, 3.63) is 81.6 Å². The number of rotatable bonds is 6. The van der Waals surface area contributed by atoms with Gasteiger partial charge >= 0.3 is 5.97 Å². The largest absolute Gasteiger partial charge is 0.507 e. The Hall–Kier alpha value is -4.47. The number of nitrogens with one attached hydrogen (secondary N) is 1. The number of carbonyl (C=O) groups excluding carboxylic acids is 1. The summed E-state index contributed by atoms with van der Waals surface area (Å²) in [7, 11) is 0. The van der Waals surface area contributed by atoms with Gasteiger partial charge in [0.05, 0.1) is 22.3 Å². The molecule has 1 aromatic heterocycles. The molecule has 0 fully saturated rings. The monoisotopic (exact) mass is 395 g/mol. The van der Waals surface area contributed by atoms with Gasteiger partial charge in [0.2, 0.25) is 0 Å². The SMILES string of the molecule is O=C(N/N=C/c1ccc(-c2ccccc2C(=O)O)o1)c1cc([N+](=O)[O-])ccc1O. The maximum atomic E-state index is 12.1. The fourth-order valence-electron chi connectivity index (χ4n) is 2.49. The number of phenols is 1. The molecule has 0 saturated carbocycles. The summed E-state index contributed by atoms with van der Waals surface area (Å²) in [5.74, 6) is -1.87. The van der Waals surface area contributed by atoms with Crippen LogP contribution < -0.4 is 5.43 Å². The number of aromatic carboxylic acids is 1. The molecule has 1 heterocycles. The van der Waals surface area contributed by atoms with Crippen molar-refractivity contribution in [2.24, 2.45) is 5.10 Å². The smallest absolute Gasteiger partial charge is 0.336 e. The van der Waals surface area contributed by atoms with Crippen LogP contribution in [0.15, 0.2) is 64.1 Å². The van der Waals surface area contributed by atoms with Crippen molar-refractivity contribution in [3.8, 4) is 17.1 Å². The molecule has 2 aromatic carbocycles. The molecule has 3 rings (SSSR count). The van der Waals surface area contributed by atoms with Gasteiger partial charge in [-0.15, -0.1) is 0 Å². The molecule has 10 heteroatoms. The zero-order valence-electron chi connectivity index (χ0n) is 14.6. The molecule has 3 aromatic rings. The standard InChI is InChI=1S/C19H13N3O7/c23-16-7-5-11(22(27)28)9-15(16)18(24)21-20-10-12-6-8-17(29-12)13-3-1-2-4-14(13)19(25)26/h1-10,23H,(H,21,24)(H,25,26)/b20-10+. The van der Waals surface area contributed by atoms with E-state index in [2.05, 4.69) is 10.5 Å². The van der Waals surface area contributed by atoms with Crippen molar-refractivity contribution in [1.29, 1.82) is 0 Å². The van der Waals surface area contributed by atoms with Gasteiger partial charge in [-0.25, -0.2) is 10.2 Å². The van der Waals surface area contributed by atoms with E-state index >= 15 is 0 Å². The van der Waals surface area contributed by atoms with Crippen LogP contribution in [-0.2, 0) is 0 Å². The third-order valence-corrected chi connectivity index (χ3v) is 3.84. The first-order valence-corrected chi connectivity index (χ1v) is 8.10. The highest BCUT2D eigenvalue weighted by molar-refractivity contribution is 5.98. The molecular weight excluding hydrogens is 382 g/mol. The van der Waals surface area contributed by atoms with E-state index in [1.165, 1.54) is 18.3 Å². The number of aromatic hydroxyl groups is 1. The fraction of sp³-hybridized carbons (Fsp3) is 0. The van der Waals surface area contributed by atoms with Crippen molar-refractivity contribution in [2.45, 2.75) is 0 Å². The Morgan fingerprint density at radius 1 is 1.10 bits per heavy atom. The minimum Gasteiger partial charge on any atom is -0.507 e. The highest BCUT2D eigenvalue weighted by Crippen LogP contribution is 2.25. The number of nitro groups is 1.